The molecular weight excluding hydrogens is 318 g/mol. The van der Waals surface area contributed by atoms with Crippen molar-refractivity contribution in [3.8, 4) is 5.75 Å². The van der Waals surface area contributed by atoms with Crippen molar-refractivity contribution in [1.82, 2.24) is 0 Å². The van der Waals surface area contributed by atoms with Gasteiger partial charge < -0.3 is 14.8 Å². The van der Waals surface area contributed by atoms with Crippen molar-refractivity contribution < 1.29 is 19.1 Å². The predicted molar refractivity (Wildman–Crippen MR) is 97.0 cm³/mol. The Morgan fingerprint density at radius 1 is 1.00 bits per heavy atom. The lowest BCUT2D eigenvalue weighted by Crippen LogP contribution is -2.20. The number of ether oxygens (including phenoxy) is 2. The van der Waals surface area contributed by atoms with Crippen molar-refractivity contribution in [3.63, 3.8) is 0 Å². The molecule has 0 unspecified atom stereocenters. The normalized spacial score (nSPS) is 10.4. The Kier molecular flexibility index (Phi) is 6.17. The average Bonchev–Trinajstić information content (AvgIpc) is 2.54. The molecule has 0 aliphatic heterocycles. The average molecular weight is 341 g/mol. The largest absolute Gasteiger partial charge is 0.483 e. The molecule has 2 aromatic carbocycles. The van der Waals surface area contributed by atoms with Gasteiger partial charge in [0.05, 0.1) is 11.7 Å². The molecule has 25 heavy (non-hydrogen) atoms. The molecule has 0 heterocycles. The number of amides is 1. The molecule has 5 heteroatoms. The summed E-state index contributed by atoms with van der Waals surface area (Å²) >= 11 is 0. The molecule has 132 valence electrons. The van der Waals surface area contributed by atoms with Crippen LogP contribution in [0.5, 0.6) is 5.75 Å². The second kappa shape index (κ2) is 8.33. The van der Waals surface area contributed by atoms with E-state index in [9.17, 15) is 9.59 Å². The van der Waals surface area contributed by atoms with Gasteiger partial charge in [-0.2, -0.15) is 0 Å². The van der Waals surface area contributed by atoms with Crippen LogP contribution >= 0.6 is 0 Å². The predicted octanol–water partition coefficient (Wildman–Crippen LogP) is 3.89. The summed E-state index contributed by atoms with van der Waals surface area (Å²) < 4.78 is 10.7. The van der Waals surface area contributed by atoms with Gasteiger partial charge in [-0.25, -0.2) is 4.79 Å². The summed E-state index contributed by atoms with van der Waals surface area (Å²) in [5.41, 5.74) is 3.01. The summed E-state index contributed by atoms with van der Waals surface area (Å²) in [6, 6.07) is 12.4. The van der Waals surface area contributed by atoms with Gasteiger partial charge >= 0.3 is 5.97 Å². The maximum absolute atomic E-state index is 12.0. The fourth-order valence-corrected chi connectivity index (χ4v) is 2.33. The molecular formula is C20H23NO4. The van der Waals surface area contributed by atoms with E-state index in [2.05, 4.69) is 5.32 Å². The minimum absolute atomic E-state index is 0.0805. The molecule has 0 atom stereocenters. The van der Waals surface area contributed by atoms with Crippen LogP contribution in [0.4, 0.5) is 5.69 Å². The molecule has 1 amide bonds. The number of esters is 1. The zero-order valence-corrected chi connectivity index (χ0v) is 15.0. The number of rotatable bonds is 6. The van der Waals surface area contributed by atoms with E-state index in [1.54, 1.807) is 38.1 Å². The van der Waals surface area contributed by atoms with Gasteiger partial charge in [0.2, 0.25) is 0 Å². The molecule has 5 nitrogen and oxygen atoms in total. The van der Waals surface area contributed by atoms with Gasteiger partial charge in [0.15, 0.2) is 6.61 Å². The number of carbonyl (C=O) groups is 2. The maximum Gasteiger partial charge on any atom is 0.338 e. The Balaban J connectivity index is 1.91. The molecule has 2 rings (SSSR count). The number of hydrogen-bond donors (Lipinski definition) is 1. The Morgan fingerprint density at radius 3 is 2.16 bits per heavy atom. The van der Waals surface area contributed by atoms with E-state index in [-0.39, 0.29) is 24.6 Å². The third-order valence-electron chi connectivity index (χ3n) is 3.50. The van der Waals surface area contributed by atoms with Gasteiger partial charge in [0.1, 0.15) is 5.75 Å². The van der Waals surface area contributed by atoms with Gasteiger partial charge in [-0.1, -0.05) is 18.2 Å². The van der Waals surface area contributed by atoms with Crippen molar-refractivity contribution in [2.24, 2.45) is 0 Å². The zero-order valence-electron chi connectivity index (χ0n) is 15.0. The molecule has 0 radical (unpaired) electrons. The maximum atomic E-state index is 12.0. The highest BCUT2D eigenvalue weighted by Gasteiger charge is 2.10. The van der Waals surface area contributed by atoms with Crippen LogP contribution in [0.1, 0.15) is 35.3 Å². The van der Waals surface area contributed by atoms with Crippen LogP contribution < -0.4 is 10.1 Å². The van der Waals surface area contributed by atoms with Crippen molar-refractivity contribution in [3.05, 3.63) is 59.2 Å². The molecule has 0 spiro atoms. The summed E-state index contributed by atoms with van der Waals surface area (Å²) in [6.45, 7) is 7.39. The van der Waals surface area contributed by atoms with Crippen LogP contribution in [0.15, 0.2) is 42.5 Å². The van der Waals surface area contributed by atoms with E-state index in [0.29, 0.717) is 11.3 Å². The van der Waals surface area contributed by atoms with Crippen LogP contribution in [0.3, 0.4) is 0 Å². The first kappa shape index (κ1) is 18.5. The first-order chi connectivity index (χ1) is 11.9. The number of nitrogens with one attached hydrogen (secondary N) is 1. The Labute approximate surface area is 148 Å². The number of anilines is 1. The van der Waals surface area contributed by atoms with Gasteiger partial charge in [-0.15, -0.1) is 0 Å². The fraction of sp³-hybridized carbons (Fsp3) is 0.300. The first-order valence-electron chi connectivity index (χ1n) is 8.16. The molecule has 2 aromatic rings. The Bertz CT molecular complexity index is 731. The van der Waals surface area contributed by atoms with Crippen LogP contribution in [0.25, 0.3) is 0 Å². The smallest absolute Gasteiger partial charge is 0.338 e. The lowest BCUT2D eigenvalue weighted by molar-refractivity contribution is -0.118. The van der Waals surface area contributed by atoms with Crippen LogP contribution in [0, 0.1) is 13.8 Å². The quantitative estimate of drug-likeness (QED) is 0.810. The molecule has 0 aliphatic carbocycles. The molecule has 0 saturated carbocycles. The van der Waals surface area contributed by atoms with E-state index >= 15 is 0 Å². The second-order valence-corrected chi connectivity index (χ2v) is 6.09. The number of benzene rings is 2. The fourth-order valence-electron chi connectivity index (χ4n) is 2.33. The van der Waals surface area contributed by atoms with Crippen molar-refractivity contribution in [2.45, 2.75) is 33.8 Å². The van der Waals surface area contributed by atoms with Gasteiger partial charge in [-0.3, -0.25) is 4.79 Å². The molecule has 0 bridgehead atoms. The van der Waals surface area contributed by atoms with Crippen LogP contribution in [0.2, 0.25) is 0 Å². The van der Waals surface area contributed by atoms with Gasteiger partial charge in [0, 0.05) is 5.69 Å². The summed E-state index contributed by atoms with van der Waals surface area (Å²) in [5, 5.41) is 2.74. The number of aryl methyl sites for hydroxylation is 2. The van der Waals surface area contributed by atoms with E-state index in [1.165, 1.54) is 0 Å². The zero-order chi connectivity index (χ0) is 18.4. The highest BCUT2D eigenvalue weighted by Crippen LogP contribution is 2.22. The number of carbonyl (C=O) groups excluding carboxylic acids is 2. The minimum atomic E-state index is -0.383. The van der Waals surface area contributed by atoms with E-state index in [1.807, 2.05) is 32.0 Å². The van der Waals surface area contributed by atoms with Crippen molar-refractivity contribution in [1.29, 1.82) is 0 Å². The Morgan fingerprint density at radius 2 is 1.60 bits per heavy atom. The van der Waals surface area contributed by atoms with Gasteiger partial charge in [-0.05, 0) is 63.1 Å². The lowest BCUT2D eigenvalue weighted by Gasteiger charge is -2.12. The van der Waals surface area contributed by atoms with E-state index in [4.69, 9.17) is 9.47 Å². The first-order valence-corrected chi connectivity index (χ1v) is 8.16. The third kappa shape index (κ3) is 5.35. The SMILES string of the molecule is Cc1cccc(C)c1OCC(=O)Nc1ccc(C(=O)OC(C)C)cc1. The molecule has 0 saturated heterocycles. The van der Waals surface area contributed by atoms with Crippen molar-refractivity contribution >= 4 is 17.6 Å². The standard InChI is InChI=1S/C20H23NO4/c1-13(2)25-20(23)16-8-10-17(11-9-16)21-18(22)12-24-19-14(3)6-5-7-15(19)4/h5-11,13H,12H2,1-4H3,(H,21,22). The summed E-state index contributed by atoms with van der Waals surface area (Å²) in [4.78, 5) is 23.8. The second-order valence-electron chi connectivity index (χ2n) is 6.09. The summed E-state index contributed by atoms with van der Waals surface area (Å²) in [5.74, 6) is 0.0795. The van der Waals surface area contributed by atoms with Crippen LogP contribution in [-0.4, -0.2) is 24.6 Å². The summed E-state index contributed by atoms with van der Waals surface area (Å²) in [6.07, 6.45) is -0.172. The summed E-state index contributed by atoms with van der Waals surface area (Å²) in [7, 11) is 0. The Hall–Kier alpha value is -2.82. The van der Waals surface area contributed by atoms with E-state index in [0.717, 1.165) is 16.9 Å². The van der Waals surface area contributed by atoms with Gasteiger partial charge in [0.25, 0.3) is 5.91 Å². The number of para-hydroxylation sites is 1. The van der Waals surface area contributed by atoms with E-state index < -0.39 is 0 Å². The molecule has 1 N–H and O–H groups in total. The topological polar surface area (TPSA) is 64.6 Å². The minimum Gasteiger partial charge on any atom is -0.483 e. The van der Waals surface area contributed by atoms with Crippen LogP contribution in [-0.2, 0) is 9.53 Å². The molecule has 0 aliphatic rings. The molecule has 0 fully saturated rings. The highest BCUT2D eigenvalue weighted by molar-refractivity contribution is 5.93. The lowest BCUT2D eigenvalue weighted by atomic mass is 10.1. The number of hydrogen-bond acceptors (Lipinski definition) is 4. The molecule has 0 aromatic heterocycles. The monoisotopic (exact) mass is 341 g/mol. The third-order valence-corrected chi connectivity index (χ3v) is 3.50. The van der Waals surface area contributed by atoms with Crippen molar-refractivity contribution in [2.75, 3.05) is 11.9 Å². The highest BCUT2D eigenvalue weighted by atomic mass is 16.5.